The summed E-state index contributed by atoms with van der Waals surface area (Å²) in [6, 6.07) is 4.55. The summed E-state index contributed by atoms with van der Waals surface area (Å²) >= 11 is 5.72. The van der Waals surface area contributed by atoms with Gasteiger partial charge in [-0.15, -0.1) is 0 Å². The highest BCUT2D eigenvalue weighted by Gasteiger charge is 2.15. The van der Waals surface area contributed by atoms with Crippen LogP contribution in [-0.4, -0.2) is 10.7 Å². The quantitative estimate of drug-likeness (QED) is 0.583. The SMILES string of the molecule is CC(C)CC(=O)CCc1ccc(Cl)cc1[N+](=O)[O-]. The number of hydrogen-bond donors (Lipinski definition) is 0. The molecule has 18 heavy (non-hydrogen) atoms. The van der Waals surface area contributed by atoms with Gasteiger partial charge in [-0.05, 0) is 18.4 Å². The number of halogens is 1. The topological polar surface area (TPSA) is 60.2 Å². The number of aryl methyl sites for hydroxylation is 1. The van der Waals surface area contributed by atoms with Gasteiger partial charge in [-0.2, -0.15) is 0 Å². The van der Waals surface area contributed by atoms with Crippen LogP contribution in [0.4, 0.5) is 5.69 Å². The van der Waals surface area contributed by atoms with Crippen molar-refractivity contribution >= 4 is 23.1 Å². The van der Waals surface area contributed by atoms with E-state index >= 15 is 0 Å². The van der Waals surface area contributed by atoms with E-state index in [4.69, 9.17) is 11.6 Å². The van der Waals surface area contributed by atoms with Crippen molar-refractivity contribution in [1.29, 1.82) is 0 Å². The summed E-state index contributed by atoms with van der Waals surface area (Å²) in [6.45, 7) is 3.95. The third-order valence-corrected chi connectivity index (χ3v) is 2.79. The fourth-order valence-electron chi connectivity index (χ4n) is 1.75. The summed E-state index contributed by atoms with van der Waals surface area (Å²) in [5, 5.41) is 11.2. The molecule has 0 unspecified atom stereocenters. The molecule has 0 spiro atoms. The van der Waals surface area contributed by atoms with Crippen molar-refractivity contribution in [2.24, 2.45) is 5.92 Å². The van der Waals surface area contributed by atoms with Crippen molar-refractivity contribution in [2.75, 3.05) is 0 Å². The number of hydrogen-bond acceptors (Lipinski definition) is 3. The van der Waals surface area contributed by atoms with Gasteiger partial charge in [0.2, 0.25) is 0 Å². The van der Waals surface area contributed by atoms with Crippen molar-refractivity contribution in [3.8, 4) is 0 Å². The van der Waals surface area contributed by atoms with Crippen LogP contribution >= 0.6 is 11.6 Å². The van der Waals surface area contributed by atoms with Gasteiger partial charge >= 0.3 is 0 Å². The summed E-state index contributed by atoms with van der Waals surface area (Å²) in [5.74, 6) is 0.451. The molecule has 1 aromatic carbocycles. The molecule has 0 bridgehead atoms. The van der Waals surface area contributed by atoms with Crippen LogP contribution in [0, 0.1) is 16.0 Å². The molecular formula is C13H16ClNO3. The minimum atomic E-state index is -0.464. The second-order valence-electron chi connectivity index (χ2n) is 4.67. The third kappa shape index (κ3) is 4.45. The summed E-state index contributed by atoms with van der Waals surface area (Å²) in [5.41, 5.74) is 0.543. The Morgan fingerprint density at radius 3 is 2.67 bits per heavy atom. The molecule has 0 aliphatic heterocycles. The lowest BCUT2D eigenvalue weighted by molar-refractivity contribution is -0.385. The maximum atomic E-state index is 11.6. The summed E-state index contributed by atoms with van der Waals surface area (Å²) in [7, 11) is 0. The second kappa shape index (κ2) is 6.50. The van der Waals surface area contributed by atoms with Gasteiger partial charge in [-0.25, -0.2) is 0 Å². The van der Waals surface area contributed by atoms with Gasteiger partial charge in [-0.3, -0.25) is 14.9 Å². The molecule has 0 atom stereocenters. The van der Waals surface area contributed by atoms with E-state index in [1.54, 1.807) is 12.1 Å². The molecule has 0 aromatic heterocycles. The monoisotopic (exact) mass is 269 g/mol. The molecular weight excluding hydrogens is 254 g/mol. The normalized spacial score (nSPS) is 10.7. The highest BCUT2D eigenvalue weighted by molar-refractivity contribution is 6.30. The lowest BCUT2D eigenvalue weighted by atomic mass is 10.0. The highest BCUT2D eigenvalue weighted by Crippen LogP contribution is 2.24. The Morgan fingerprint density at radius 1 is 1.44 bits per heavy atom. The number of carbonyl (C=O) groups excluding carboxylic acids is 1. The van der Waals surface area contributed by atoms with E-state index in [1.165, 1.54) is 6.07 Å². The Labute approximate surface area is 111 Å². The molecule has 0 aliphatic rings. The van der Waals surface area contributed by atoms with Gasteiger partial charge in [0.25, 0.3) is 5.69 Å². The van der Waals surface area contributed by atoms with E-state index in [0.29, 0.717) is 35.8 Å². The van der Waals surface area contributed by atoms with Gasteiger partial charge in [0.05, 0.1) is 4.92 Å². The third-order valence-electron chi connectivity index (χ3n) is 2.55. The van der Waals surface area contributed by atoms with Gasteiger partial charge in [0, 0.05) is 29.5 Å². The first kappa shape index (κ1) is 14.6. The fourth-order valence-corrected chi connectivity index (χ4v) is 1.92. The molecule has 0 radical (unpaired) electrons. The molecule has 0 amide bonds. The summed E-state index contributed by atoms with van der Waals surface area (Å²) in [4.78, 5) is 22.0. The predicted octanol–water partition coefficient (Wildman–Crippen LogP) is 3.80. The van der Waals surface area contributed by atoms with E-state index in [0.717, 1.165) is 0 Å². The molecule has 0 saturated heterocycles. The van der Waals surface area contributed by atoms with Gasteiger partial charge < -0.3 is 0 Å². The average Bonchev–Trinajstić information content (AvgIpc) is 2.26. The Kier molecular flexibility index (Phi) is 5.28. The largest absolute Gasteiger partial charge is 0.300 e. The summed E-state index contributed by atoms with van der Waals surface area (Å²) in [6.07, 6.45) is 1.24. The maximum Gasteiger partial charge on any atom is 0.274 e. The second-order valence-corrected chi connectivity index (χ2v) is 5.10. The summed E-state index contributed by atoms with van der Waals surface area (Å²) < 4.78 is 0. The fraction of sp³-hybridized carbons (Fsp3) is 0.462. The number of nitro benzene ring substituents is 1. The lowest BCUT2D eigenvalue weighted by Gasteiger charge is -2.05. The molecule has 5 heteroatoms. The van der Waals surface area contributed by atoms with Crippen LogP contribution in [0.25, 0.3) is 0 Å². The van der Waals surface area contributed by atoms with Crippen molar-refractivity contribution < 1.29 is 9.72 Å². The number of Topliss-reactive ketones (excluding diaryl/α,β-unsaturated/α-hetero) is 1. The number of ketones is 1. The predicted molar refractivity (Wildman–Crippen MR) is 70.9 cm³/mol. The first-order chi connectivity index (χ1) is 8.40. The van der Waals surface area contributed by atoms with Crippen LogP contribution in [0.1, 0.15) is 32.3 Å². The van der Waals surface area contributed by atoms with Crippen LogP contribution in [-0.2, 0) is 11.2 Å². The van der Waals surface area contributed by atoms with Gasteiger partial charge in [0.15, 0.2) is 0 Å². The molecule has 98 valence electrons. The Morgan fingerprint density at radius 2 is 2.11 bits per heavy atom. The Hall–Kier alpha value is -1.42. The van der Waals surface area contributed by atoms with Crippen LogP contribution < -0.4 is 0 Å². The standard InChI is InChI=1S/C13H16ClNO3/c1-9(2)7-12(16)6-4-10-3-5-11(14)8-13(10)15(17)18/h3,5,8-9H,4,6-7H2,1-2H3. The van der Waals surface area contributed by atoms with E-state index in [-0.39, 0.29) is 11.5 Å². The number of nitrogens with zero attached hydrogens (tertiary/aromatic N) is 1. The van der Waals surface area contributed by atoms with Gasteiger partial charge in [0.1, 0.15) is 5.78 Å². The maximum absolute atomic E-state index is 11.6. The minimum Gasteiger partial charge on any atom is -0.300 e. The van der Waals surface area contributed by atoms with Crippen LogP contribution in [0.15, 0.2) is 18.2 Å². The zero-order valence-corrected chi connectivity index (χ0v) is 11.2. The molecule has 0 aliphatic carbocycles. The van der Waals surface area contributed by atoms with Crippen molar-refractivity contribution in [2.45, 2.75) is 33.1 Å². The van der Waals surface area contributed by atoms with E-state index in [2.05, 4.69) is 0 Å². The van der Waals surface area contributed by atoms with Gasteiger partial charge in [-0.1, -0.05) is 31.5 Å². The first-order valence-corrected chi connectivity index (χ1v) is 6.22. The zero-order chi connectivity index (χ0) is 13.7. The number of carbonyl (C=O) groups is 1. The highest BCUT2D eigenvalue weighted by atomic mass is 35.5. The average molecular weight is 270 g/mol. The molecule has 1 aromatic rings. The zero-order valence-electron chi connectivity index (χ0n) is 10.5. The first-order valence-electron chi connectivity index (χ1n) is 5.84. The van der Waals surface area contributed by atoms with Crippen molar-refractivity contribution in [3.63, 3.8) is 0 Å². The minimum absolute atomic E-state index is 0.0140. The van der Waals surface area contributed by atoms with Crippen LogP contribution in [0.2, 0.25) is 5.02 Å². The molecule has 0 N–H and O–H groups in total. The number of rotatable bonds is 6. The lowest BCUT2D eigenvalue weighted by Crippen LogP contribution is -2.05. The van der Waals surface area contributed by atoms with Crippen LogP contribution in [0.5, 0.6) is 0 Å². The van der Waals surface area contributed by atoms with Crippen molar-refractivity contribution in [3.05, 3.63) is 38.9 Å². The smallest absolute Gasteiger partial charge is 0.274 e. The molecule has 0 fully saturated rings. The molecule has 0 saturated carbocycles. The van der Waals surface area contributed by atoms with Crippen molar-refractivity contribution in [1.82, 2.24) is 0 Å². The van der Waals surface area contributed by atoms with E-state index in [9.17, 15) is 14.9 Å². The Balaban J connectivity index is 2.73. The molecule has 4 nitrogen and oxygen atoms in total. The van der Waals surface area contributed by atoms with E-state index < -0.39 is 4.92 Å². The van der Waals surface area contributed by atoms with Crippen LogP contribution in [0.3, 0.4) is 0 Å². The Bertz CT molecular complexity index is 458. The molecule has 0 heterocycles. The number of nitro groups is 1. The molecule has 1 rings (SSSR count). The number of benzene rings is 1. The van der Waals surface area contributed by atoms with E-state index in [1.807, 2.05) is 13.8 Å².